The monoisotopic (exact) mass is 364 g/mol. The van der Waals surface area contributed by atoms with Gasteiger partial charge in [0.1, 0.15) is 0 Å². The van der Waals surface area contributed by atoms with Crippen molar-refractivity contribution in [2.75, 3.05) is 0 Å². The molecule has 22 heavy (non-hydrogen) atoms. The van der Waals surface area contributed by atoms with E-state index in [0.29, 0.717) is 0 Å². The fraction of sp³-hybridized carbons (Fsp3) is 1.00. The maximum atomic E-state index is 12.8. The third kappa shape index (κ3) is 1.90. The Morgan fingerprint density at radius 3 is 1.00 bits per heavy atom. The summed E-state index contributed by atoms with van der Waals surface area (Å²) in [6, 6.07) is 0. The number of rotatable bonds is 1. The Morgan fingerprint density at radius 2 is 0.818 bits per heavy atom. The smallest absolute Gasteiger partial charge is 0.240 e. The number of alkyl halides is 14. The maximum absolute atomic E-state index is 12.8. The highest BCUT2D eigenvalue weighted by atomic mass is 19.4. The molecule has 1 fully saturated rings. The molecule has 0 aromatic heterocycles. The van der Waals surface area contributed by atoms with E-state index in [0.717, 1.165) is 0 Å². The predicted octanol–water partition coefficient (Wildman–Crippen LogP) is 4.90. The second kappa shape index (κ2) is 4.30. The van der Waals surface area contributed by atoms with Crippen LogP contribution in [-0.2, 0) is 0 Å². The zero-order valence-electron chi connectivity index (χ0n) is 9.45. The molecule has 1 rings (SSSR count). The van der Waals surface area contributed by atoms with Crippen molar-refractivity contribution in [3.05, 3.63) is 0 Å². The van der Waals surface area contributed by atoms with Crippen LogP contribution in [0, 0.1) is 11.3 Å². The third-order valence-corrected chi connectivity index (χ3v) is 3.28. The summed E-state index contributed by atoms with van der Waals surface area (Å²) < 4.78 is 175. The van der Waals surface area contributed by atoms with Gasteiger partial charge in [-0.05, 0) is 0 Å². The molecule has 2 unspecified atom stereocenters. The van der Waals surface area contributed by atoms with Crippen LogP contribution >= 0.6 is 0 Å². The standard InChI is InChI=1S/C8H2F14/c9-2-1(4(10,11)5(2,12)13)3(6(14,15)16,7(17,18)19)8(20,21)22/h1-2H. The summed E-state index contributed by atoms with van der Waals surface area (Å²) in [4.78, 5) is 0. The third-order valence-electron chi connectivity index (χ3n) is 3.28. The van der Waals surface area contributed by atoms with E-state index >= 15 is 0 Å². The second-order valence-electron chi connectivity index (χ2n) is 4.43. The van der Waals surface area contributed by atoms with Gasteiger partial charge in [-0.1, -0.05) is 0 Å². The van der Waals surface area contributed by atoms with Crippen LogP contribution in [0.2, 0.25) is 0 Å². The first kappa shape index (κ1) is 19.1. The van der Waals surface area contributed by atoms with Crippen molar-refractivity contribution in [2.24, 2.45) is 11.3 Å². The predicted molar refractivity (Wildman–Crippen MR) is 38.9 cm³/mol. The summed E-state index contributed by atoms with van der Waals surface area (Å²) in [6.45, 7) is 0. The normalized spacial score (nSPS) is 29.2. The van der Waals surface area contributed by atoms with E-state index in [1.54, 1.807) is 0 Å². The Balaban J connectivity index is 3.76. The molecule has 0 saturated heterocycles. The molecular weight excluding hydrogens is 362 g/mol. The van der Waals surface area contributed by atoms with Crippen LogP contribution in [0.5, 0.6) is 0 Å². The SMILES string of the molecule is FC1C(C(C(F)(F)F)(C(F)(F)F)C(F)(F)F)C(F)(F)C1(F)F. The molecule has 0 amide bonds. The van der Waals surface area contributed by atoms with Crippen LogP contribution in [0.1, 0.15) is 0 Å². The Morgan fingerprint density at radius 1 is 0.545 bits per heavy atom. The highest BCUT2D eigenvalue weighted by Gasteiger charge is 2.98. The van der Waals surface area contributed by atoms with Gasteiger partial charge in [-0.25, -0.2) is 4.39 Å². The summed E-state index contributed by atoms with van der Waals surface area (Å²) in [5.74, 6) is -18.0. The van der Waals surface area contributed by atoms with Crippen LogP contribution in [0.25, 0.3) is 0 Å². The lowest BCUT2D eigenvalue weighted by molar-refractivity contribution is -0.500. The molecule has 1 aliphatic rings. The zero-order chi connectivity index (χ0) is 18.2. The highest BCUT2D eigenvalue weighted by molar-refractivity contribution is 5.22. The van der Waals surface area contributed by atoms with Gasteiger partial charge < -0.3 is 0 Å². The molecule has 1 saturated carbocycles. The first-order valence-corrected chi connectivity index (χ1v) is 4.87. The molecule has 0 N–H and O–H groups in total. The number of hydrogen-bond acceptors (Lipinski definition) is 0. The molecule has 0 radical (unpaired) electrons. The van der Waals surface area contributed by atoms with Crippen LogP contribution in [0.15, 0.2) is 0 Å². The average Bonchev–Trinajstić information content (AvgIpc) is 2.18. The van der Waals surface area contributed by atoms with Crippen molar-refractivity contribution in [2.45, 2.75) is 36.5 Å². The lowest BCUT2D eigenvalue weighted by Crippen LogP contribution is -2.80. The Labute approximate surface area is 111 Å². The molecule has 0 heterocycles. The Bertz CT molecular complexity index is 399. The van der Waals surface area contributed by atoms with Crippen molar-refractivity contribution in [1.82, 2.24) is 0 Å². The van der Waals surface area contributed by atoms with Gasteiger partial charge in [0.05, 0.1) is 5.92 Å². The lowest BCUT2D eigenvalue weighted by atomic mass is 9.58. The van der Waals surface area contributed by atoms with Crippen molar-refractivity contribution in [1.29, 1.82) is 0 Å². The fourth-order valence-electron chi connectivity index (χ4n) is 2.19. The minimum absolute atomic E-state index is 4.99. The lowest BCUT2D eigenvalue weighted by Gasteiger charge is -2.55. The van der Waals surface area contributed by atoms with Gasteiger partial charge in [-0.15, -0.1) is 0 Å². The van der Waals surface area contributed by atoms with Crippen molar-refractivity contribution in [3.63, 3.8) is 0 Å². The molecule has 0 nitrogen and oxygen atoms in total. The van der Waals surface area contributed by atoms with Gasteiger partial charge in [-0.2, -0.15) is 57.1 Å². The van der Waals surface area contributed by atoms with Crippen molar-refractivity contribution < 1.29 is 61.5 Å². The minimum atomic E-state index is -7.54. The first-order valence-electron chi connectivity index (χ1n) is 4.87. The Hall–Kier alpha value is -0.980. The van der Waals surface area contributed by atoms with Gasteiger partial charge in [0.2, 0.25) is 0 Å². The summed E-state index contributed by atoms with van der Waals surface area (Å²) in [5, 5.41) is 0. The van der Waals surface area contributed by atoms with E-state index in [1.165, 1.54) is 0 Å². The second-order valence-corrected chi connectivity index (χ2v) is 4.43. The molecule has 0 bridgehead atoms. The zero-order valence-corrected chi connectivity index (χ0v) is 9.45. The largest absolute Gasteiger partial charge is 0.412 e. The van der Waals surface area contributed by atoms with Crippen LogP contribution in [0.4, 0.5) is 61.5 Å². The van der Waals surface area contributed by atoms with E-state index in [4.69, 9.17) is 0 Å². The molecule has 0 aromatic carbocycles. The van der Waals surface area contributed by atoms with Gasteiger partial charge >= 0.3 is 30.4 Å². The maximum Gasteiger partial charge on any atom is 0.412 e. The Kier molecular flexibility index (Phi) is 3.73. The van der Waals surface area contributed by atoms with Crippen LogP contribution in [0.3, 0.4) is 0 Å². The molecule has 2 atom stereocenters. The van der Waals surface area contributed by atoms with Crippen LogP contribution < -0.4 is 0 Å². The van der Waals surface area contributed by atoms with Gasteiger partial charge in [0, 0.05) is 0 Å². The summed E-state index contributed by atoms with van der Waals surface area (Å²) in [6.07, 6.45) is -27.6. The van der Waals surface area contributed by atoms with Gasteiger partial charge in [0.25, 0.3) is 5.41 Å². The molecule has 0 aromatic rings. The fourth-order valence-corrected chi connectivity index (χ4v) is 2.19. The molecule has 0 aliphatic heterocycles. The van der Waals surface area contributed by atoms with E-state index < -0.39 is 47.9 Å². The quantitative estimate of drug-likeness (QED) is 0.581. The number of halogens is 14. The average molecular weight is 364 g/mol. The highest BCUT2D eigenvalue weighted by Crippen LogP contribution is 2.73. The molecule has 132 valence electrons. The molecule has 0 spiro atoms. The minimum Gasteiger partial charge on any atom is -0.240 e. The summed E-state index contributed by atoms with van der Waals surface area (Å²) in [5.41, 5.74) is -7.34. The van der Waals surface area contributed by atoms with E-state index in [-0.39, 0.29) is 0 Å². The molecule has 1 aliphatic carbocycles. The number of hydrogen-bond donors (Lipinski definition) is 0. The van der Waals surface area contributed by atoms with Gasteiger partial charge in [-0.3, -0.25) is 0 Å². The first-order chi connectivity index (χ1) is 9.28. The van der Waals surface area contributed by atoms with Crippen molar-refractivity contribution >= 4 is 0 Å². The van der Waals surface area contributed by atoms with E-state index in [2.05, 4.69) is 0 Å². The summed E-state index contributed by atoms with van der Waals surface area (Å²) >= 11 is 0. The van der Waals surface area contributed by atoms with E-state index in [1.807, 2.05) is 0 Å². The topological polar surface area (TPSA) is 0 Å². The summed E-state index contributed by atoms with van der Waals surface area (Å²) in [7, 11) is 0. The van der Waals surface area contributed by atoms with Crippen LogP contribution in [-0.4, -0.2) is 36.5 Å². The molecule has 14 heteroatoms. The van der Waals surface area contributed by atoms with E-state index in [9.17, 15) is 61.5 Å². The van der Waals surface area contributed by atoms with Crippen molar-refractivity contribution in [3.8, 4) is 0 Å². The molecular formula is C8H2F14. The van der Waals surface area contributed by atoms with Gasteiger partial charge in [0.15, 0.2) is 6.17 Å².